The zero-order valence-corrected chi connectivity index (χ0v) is 15.5. The monoisotopic (exact) mass is 350 g/mol. The molecule has 1 unspecified atom stereocenters. The molecule has 0 radical (unpaired) electrons. The normalized spacial score (nSPS) is 17.3. The van der Waals surface area contributed by atoms with E-state index in [2.05, 4.69) is 5.32 Å². The average molecular weight is 350 g/mol. The summed E-state index contributed by atoms with van der Waals surface area (Å²) in [6.45, 7) is 5.10. The Hall–Kier alpha value is -2.62. The minimum atomic E-state index is -0.425. The van der Waals surface area contributed by atoms with Gasteiger partial charge in [0, 0.05) is 18.7 Å². The Balaban J connectivity index is 1.94. The quantitative estimate of drug-likeness (QED) is 0.916. The number of nitrogens with one attached hydrogen (secondary N) is 1. The van der Waals surface area contributed by atoms with Crippen LogP contribution in [0.15, 0.2) is 48.5 Å². The third-order valence-electron chi connectivity index (χ3n) is 4.99. The number of carbonyl (C=O) groups excluding carboxylic acids is 2. The van der Waals surface area contributed by atoms with Gasteiger partial charge in [-0.1, -0.05) is 48.0 Å². The molecular weight excluding hydrogens is 324 g/mol. The predicted molar refractivity (Wildman–Crippen MR) is 103 cm³/mol. The SMILES string of the molecule is Cc1ccc(CN(C(=O)c2ccccc2C)C2CCCCNC2=O)cc1. The lowest BCUT2D eigenvalue weighted by atomic mass is 10.0. The largest absolute Gasteiger partial charge is 0.354 e. The molecule has 3 rings (SSSR count). The van der Waals surface area contributed by atoms with Crippen molar-refractivity contribution in [2.45, 2.75) is 45.7 Å². The molecule has 1 fully saturated rings. The van der Waals surface area contributed by atoms with E-state index < -0.39 is 6.04 Å². The van der Waals surface area contributed by atoms with Crippen LogP contribution in [-0.4, -0.2) is 29.3 Å². The molecule has 0 saturated carbocycles. The zero-order chi connectivity index (χ0) is 18.5. The van der Waals surface area contributed by atoms with Crippen molar-refractivity contribution >= 4 is 11.8 Å². The van der Waals surface area contributed by atoms with Crippen molar-refractivity contribution in [1.29, 1.82) is 0 Å². The summed E-state index contributed by atoms with van der Waals surface area (Å²) in [5.41, 5.74) is 3.81. The summed E-state index contributed by atoms with van der Waals surface area (Å²) in [6, 6.07) is 15.3. The van der Waals surface area contributed by atoms with Gasteiger partial charge in [-0.05, 0) is 50.3 Å². The summed E-state index contributed by atoms with van der Waals surface area (Å²) in [6.07, 6.45) is 2.60. The van der Waals surface area contributed by atoms with Crippen LogP contribution in [0.3, 0.4) is 0 Å². The second-order valence-corrected chi connectivity index (χ2v) is 7.04. The Bertz CT molecular complexity index is 783. The minimum Gasteiger partial charge on any atom is -0.354 e. The first-order chi connectivity index (χ1) is 12.6. The molecule has 4 heteroatoms. The molecule has 1 heterocycles. The van der Waals surface area contributed by atoms with Crippen LogP contribution in [0.4, 0.5) is 0 Å². The Morgan fingerprint density at radius 3 is 2.54 bits per heavy atom. The molecule has 1 N–H and O–H groups in total. The standard InChI is InChI=1S/C22H26N2O2/c1-16-10-12-18(13-11-16)15-24(20-9-5-6-14-23-21(20)25)22(26)19-8-4-3-7-17(19)2/h3-4,7-8,10-13,20H,5-6,9,14-15H2,1-2H3,(H,23,25). The van der Waals surface area contributed by atoms with E-state index in [0.717, 1.165) is 24.0 Å². The molecule has 2 aromatic rings. The fraction of sp³-hybridized carbons (Fsp3) is 0.364. The first-order valence-electron chi connectivity index (χ1n) is 9.26. The fourth-order valence-corrected chi connectivity index (χ4v) is 3.40. The number of hydrogen-bond donors (Lipinski definition) is 1. The van der Waals surface area contributed by atoms with Crippen LogP contribution in [0.25, 0.3) is 0 Å². The maximum atomic E-state index is 13.3. The number of aryl methyl sites for hydroxylation is 2. The molecule has 136 valence electrons. The minimum absolute atomic E-state index is 0.0449. The lowest BCUT2D eigenvalue weighted by Gasteiger charge is -2.30. The number of benzene rings is 2. The number of carbonyl (C=O) groups is 2. The number of rotatable bonds is 4. The van der Waals surface area contributed by atoms with E-state index in [4.69, 9.17) is 0 Å². The van der Waals surface area contributed by atoms with Crippen molar-refractivity contribution in [3.8, 4) is 0 Å². The van der Waals surface area contributed by atoms with Gasteiger partial charge >= 0.3 is 0 Å². The highest BCUT2D eigenvalue weighted by Crippen LogP contribution is 2.21. The fourth-order valence-electron chi connectivity index (χ4n) is 3.40. The highest BCUT2D eigenvalue weighted by atomic mass is 16.2. The molecule has 4 nitrogen and oxygen atoms in total. The molecule has 1 saturated heterocycles. The predicted octanol–water partition coefficient (Wildman–Crippen LogP) is 3.61. The number of hydrogen-bond acceptors (Lipinski definition) is 2. The van der Waals surface area contributed by atoms with E-state index in [1.807, 2.05) is 62.4 Å². The molecule has 2 aromatic carbocycles. The van der Waals surface area contributed by atoms with Crippen molar-refractivity contribution in [2.24, 2.45) is 0 Å². The summed E-state index contributed by atoms with van der Waals surface area (Å²) in [5.74, 6) is -0.123. The number of amides is 2. The van der Waals surface area contributed by atoms with Gasteiger partial charge in [-0.3, -0.25) is 9.59 Å². The smallest absolute Gasteiger partial charge is 0.255 e. The molecule has 1 atom stereocenters. The maximum Gasteiger partial charge on any atom is 0.255 e. The highest BCUT2D eigenvalue weighted by molar-refractivity contribution is 5.98. The van der Waals surface area contributed by atoms with Gasteiger partial charge in [-0.2, -0.15) is 0 Å². The molecule has 1 aliphatic heterocycles. The van der Waals surface area contributed by atoms with Gasteiger partial charge in [0.25, 0.3) is 5.91 Å². The van der Waals surface area contributed by atoms with Crippen molar-refractivity contribution < 1.29 is 9.59 Å². The van der Waals surface area contributed by atoms with Gasteiger partial charge in [0.15, 0.2) is 0 Å². The maximum absolute atomic E-state index is 13.3. The summed E-state index contributed by atoms with van der Waals surface area (Å²) < 4.78 is 0. The third kappa shape index (κ3) is 4.13. The Morgan fingerprint density at radius 2 is 1.81 bits per heavy atom. The molecule has 0 spiro atoms. The van der Waals surface area contributed by atoms with Crippen LogP contribution < -0.4 is 5.32 Å². The first kappa shape index (κ1) is 18.2. The van der Waals surface area contributed by atoms with E-state index >= 15 is 0 Å². The summed E-state index contributed by atoms with van der Waals surface area (Å²) in [7, 11) is 0. The van der Waals surface area contributed by atoms with Gasteiger partial charge in [0.2, 0.25) is 5.91 Å². The van der Waals surface area contributed by atoms with Crippen molar-refractivity contribution in [3.05, 3.63) is 70.8 Å². The second kappa shape index (κ2) is 8.17. The third-order valence-corrected chi connectivity index (χ3v) is 4.99. The average Bonchev–Trinajstić information content (AvgIpc) is 2.85. The van der Waals surface area contributed by atoms with Gasteiger partial charge in [-0.15, -0.1) is 0 Å². The van der Waals surface area contributed by atoms with Crippen LogP contribution in [0.1, 0.15) is 46.3 Å². The highest BCUT2D eigenvalue weighted by Gasteiger charge is 2.31. The van der Waals surface area contributed by atoms with E-state index in [0.29, 0.717) is 25.1 Å². The van der Waals surface area contributed by atoms with Gasteiger partial charge < -0.3 is 10.2 Å². The van der Waals surface area contributed by atoms with E-state index in [1.54, 1.807) is 4.90 Å². The molecule has 1 aliphatic rings. The van der Waals surface area contributed by atoms with Crippen molar-refractivity contribution in [2.75, 3.05) is 6.54 Å². The van der Waals surface area contributed by atoms with E-state index in [9.17, 15) is 9.59 Å². The van der Waals surface area contributed by atoms with Crippen molar-refractivity contribution in [3.63, 3.8) is 0 Å². The molecule has 0 aromatic heterocycles. The Morgan fingerprint density at radius 1 is 1.08 bits per heavy atom. The zero-order valence-electron chi connectivity index (χ0n) is 15.5. The van der Waals surface area contributed by atoms with Crippen LogP contribution in [0, 0.1) is 13.8 Å². The van der Waals surface area contributed by atoms with Crippen LogP contribution >= 0.6 is 0 Å². The van der Waals surface area contributed by atoms with Crippen LogP contribution in [-0.2, 0) is 11.3 Å². The van der Waals surface area contributed by atoms with Gasteiger partial charge in [0.05, 0.1) is 0 Å². The lowest BCUT2D eigenvalue weighted by Crippen LogP contribution is -2.48. The summed E-state index contributed by atoms with van der Waals surface area (Å²) in [5, 5.41) is 2.96. The second-order valence-electron chi connectivity index (χ2n) is 7.04. The first-order valence-corrected chi connectivity index (χ1v) is 9.26. The molecule has 26 heavy (non-hydrogen) atoms. The Kier molecular flexibility index (Phi) is 5.71. The van der Waals surface area contributed by atoms with Crippen LogP contribution in [0.5, 0.6) is 0 Å². The van der Waals surface area contributed by atoms with E-state index in [-0.39, 0.29) is 11.8 Å². The Labute approximate surface area is 155 Å². The van der Waals surface area contributed by atoms with Crippen molar-refractivity contribution in [1.82, 2.24) is 10.2 Å². The number of nitrogens with zero attached hydrogens (tertiary/aromatic N) is 1. The molecule has 0 aliphatic carbocycles. The topological polar surface area (TPSA) is 49.4 Å². The van der Waals surface area contributed by atoms with E-state index in [1.165, 1.54) is 5.56 Å². The molecule has 2 amide bonds. The lowest BCUT2D eigenvalue weighted by molar-refractivity contribution is -0.125. The van der Waals surface area contributed by atoms with Gasteiger partial charge in [-0.25, -0.2) is 0 Å². The molecule has 0 bridgehead atoms. The van der Waals surface area contributed by atoms with Crippen LogP contribution in [0.2, 0.25) is 0 Å². The summed E-state index contributed by atoms with van der Waals surface area (Å²) >= 11 is 0. The summed E-state index contributed by atoms with van der Waals surface area (Å²) in [4.78, 5) is 27.7. The van der Waals surface area contributed by atoms with Gasteiger partial charge in [0.1, 0.15) is 6.04 Å². The molecular formula is C22H26N2O2.